The molecule has 0 aliphatic carbocycles. The summed E-state index contributed by atoms with van der Waals surface area (Å²) >= 11 is 2.03. The first-order chi connectivity index (χ1) is 68.3. The van der Waals surface area contributed by atoms with Crippen LogP contribution in [-0.2, 0) is 4.74 Å². The Kier molecular flexibility index (Phi) is 215. The molecule has 144 heavy (non-hydrogen) atoms. The maximum atomic E-state index is 5.01. The molecule has 0 aromatic carbocycles. The van der Waals surface area contributed by atoms with E-state index in [1.165, 1.54) is 272 Å². The van der Waals surface area contributed by atoms with Gasteiger partial charge in [0.25, 0.3) is 0 Å². The summed E-state index contributed by atoms with van der Waals surface area (Å²) in [6.45, 7) is 158. The van der Waals surface area contributed by atoms with Gasteiger partial charge in [-0.15, -0.1) is 0 Å². The number of fused-ring (bicyclic) bond motifs is 4. The van der Waals surface area contributed by atoms with Crippen molar-refractivity contribution in [2.45, 2.75) is 489 Å². The standard InChI is InChI=1S/C7H15N3.2C7H14N2.2C6H12N2.C5H11N.C4H10N2.C4H9NO.C4H9NS.C4H9N.11C4H10.C3H7N.11C2H6.CH4/c1-3-10-4-2-9-6-7(10)5-8-1;1-3-8-5-7(1)2-4-9-6-7;1-2-7-6-8-3-5-9(7)4-1;2*1-2-8-6-4-7-3-5(1)6;1-2-4-6-5-3-1;1-2-6-4-3-5-1;2*1-3-6-4-2-5-1;1-2-4-5-3-1;11*1-4(2)3;1-2-4-3-1;11*1-2;/h7-9H,1-6H2;8-9H,1-6H2;7-8H,1-6H2;2*5-8H,1-4H2;6H,1-5H2;5-6H,1-4H2;2*5H,1-4H2;5H,1-4H2;11*4H,1-3H3;4H,1-3H2;11*1-2H3;1H4/t;;7-;2*5-,6+;;;;;;;;;;;;;;;;;;;;;;;;;;;;;/m..111............................./s1. The first-order valence-corrected chi connectivity index (χ1v) is 63.5. The van der Waals surface area contributed by atoms with Crippen molar-refractivity contribution >= 4 is 11.8 Å². The van der Waals surface area contributed by atoms with Crippen LogP contribution in [0.3, 0.4) is 0 Å². The SMILES string of the molecule is C.C1CC2(CCNC2)CN1.C1CCNC1.C1CCNCC1.C1CN2CCNCC2CN1.C1CNC1.C1CNCCN1.C1COCCN1.C1CSCCN1.C1C[C@@H]2CNCCN2C1.C1C[C@@H]2CNC[C@@H]2N1.C1C[C@@H]2CNC[C@@H]2N1.CC.CC.CC.CC.CC.CC.CC.CC.CC.CC.CC.CC(C)C.CC(C)C.CC(C)C.CC(C)C.CC(C)C.CC(C)C.CC(C)C.CC(C)C.CC(C)C.CC(C)C.CC(C)C. The lowest BCUT2D eigenvalue weighted by Crippen LogP contribution is -2.60. The average molecular weight is 2090 g/mol. The van der Waals surface area contributed by atoms with Crippen LogP contribution in [0.5, 0.6) is 0 Å². The van der Waals surface area contributed by atoms with Gasteiger partial charge in [0.05, 0.1) is 13.2 Å². The summed E-state index contributed by atoms with van der Waals surface area (Å²) in [5.41, 5.74) is 0.667. The number of rotatable bonds is 0. The third-order valence-corrected chi connectivity index (χ3v) is 18.6. The molecule has 1 spiro atoms. The number of ether oxygens (including phenoxy) is 1. The first kappa shape index (κ1) is 185. The van der Waals surface area contributed by atoms with E-state index in [0.29, 0.717) is 5.41 Å². The second kappa shape index (κ2) is 168. The largest absolute Gasteiger partial charge is 0.379 e. The quantitative estimate of drug-likeness (QED) is 0.109. The van der Waals surface area contributed by atoms with E-state index >= 15 is 0 Å². The molecular weight excluding hydrogens is 1790 g/mol. The molecule has 16 heterocycles. The zero-order valence-electron chi connectivity index (χ0n) is 110. The Morgan fingerprint density at radius 3 is 0.625 bits per heavy atom. The Hall–Kier alpha value is -0.410. The molecule has 19 nitrogen and oxygen atoms in total. The maximum Gasteiger partial charge on any atom is 0.0591 e. The molecule has 16 fully saturated rings. The third-order valence-electron chi connectivity index (χ3n) is 17.6. The van der Waals surface area contributed by atoms with Gasteiger partial charge in [-0.25, -0.2) is 0 Å². The topological polar surface area (TPSA) is 208 Å². The Bertz CT molecular complexity index is 1510. The fraction of sp³-hybridized carbons (Fsp3) is 1.00. The third kappa shape index (κ3) is 202. The van der Waals surface area contributed by atoms with E-state index in [4.69, 9.17) is 4.74 Å². The second-order valence-electron chi connectivity index (χ2n) is 42.7. The second-order valence-corrected chi connectivity index (χ2v) is 43.9. The summed E-state index contributed by atoms with van der Waals surface area (Å²) in [5.74, 6) is 13.7. The van der Waals surface area contributed by atoms with Crippen LogP contribution in [0, 0.1) is 82.3 Å². The molecule has 16 aliphatic rings. The summed E-state index contributed by atoms with van der Waals surface area (Å²) in [4.78, 5) is 5.18. The fourth-order valence-corrected chi connectivity index (χ4v) is 13.1. The molecule has 0 aromatic heterocycles. The van der Waals surface area contributed by atoms with Crippen LogP contribution in [-0.4, -0.2) is 281 Å². The molecule has 0 unspecified atom stereocenters. The number of hydrogen-bond acceptors (Lipinski definition) is 20. The van der Waals surface area contributed by atoms with E-state index in [-0.39, 0.29) is 7.43 Å². The van der Waals surface area contributed by atoms with Crippen LogP contribution in [0.25, 0.3) is 0 Å². The van der Waals surface area contributed by atoms with E-state index in [1.807, 2.05) is 164 Å². The van der Waals surface area contributed by atoms with Crippen molar-refractivity contribution in [3.63, 3.8) is 0 Å². The van der Waals surface area contributed by atoms with Crippen molar-refractivity contribution < 1.29 is 4.74 Å². The van der Waals surface area contributed by atoms with Crippen molar-refractivity contribution in [2.75, 3.05) is 247 Å². The zero-order valence-corrected chi connectivity index (χ0v) is 111. The van der Waals surface area contributed by atoms with Gasteiger partial charge in [-0.2, -0.15) is 11.8 Å². The lowest BCUT2D eigenvalue weighted by atomic mass is 9.87. The van der Waals surface area contributed by atoms with E-state index in [1.54, 1.807) is 0 Å². The van der Waals surface area contributed by atoms with Crippen molar-refractivity contribution in [1.29, 1.82) is 0 Å². The van der Waals surface area contributed by atoms with Crippen molar-refractivity contribution in [1.82, 2.24) is 94.9 Å². The van der Waals surface area contributed by atoms with Gasteiger partial charge in [0.1, 0.15) is 0 Å². The number of nitrogens with zero attached hydrogens (tertiary/aromatic N) is 2. The molecule has 900 valence electrons. The summed E-state index contributed by atoms with van der Waals surface area (Å²) in [6.07, 6.45) is 16.8. The molecule has 0 saturated carbocycles. The Morgan fingerprint density at radius 1 is 0.215 bits per heavy atom. The fourth-order valence-electron chi connectivity index (χ4n) is 12.4. The van der Waals surface area contributed by atoms with Crippen LogP contribution in [0.4, 0.5) is 0 Å². The summed E-state index contributed by atoms with van der Waals surface area (Å²) in [7, 11) is 0. The molecule has 0 amide bonds. The van der Waals surface area contributed by atoms with E-state index in [2.05, 4.69) is 323 Å². The molecule has 20 heteroatoms. The minimum Gasteiger partial charge on any atom is -0.379 e. The van der Waals surface area contributed by atoms with Gasteiger partial charge >= 0.3 is 0 Å². The van der Waals surface area contributed by atoms with Crippen LogP contribution >= 0.6 is 11.8 Å². The van der Waals surface area contributed by atoms with Gasteiger partial charge in [-0.3, -0.25) is 9.80 Å². The number of nitrogens with one attached hydrogen (secondary N) is 16. The first-order valence-electron chi connectivity index (χ1n) is 62.3. The van der Waals surface area contributed by atoms with Gasteiger partial charge in [0.15, 0.2) is 0 Å². The smallest absolute Gasteiger partial charge is 0.0591 e. The average Bonchev–Trinajstić information content (AvgIpc) is 1.69. The molecule has 0 bridgehead atoms. The van der Waals surface area contributed by atoms with E-state index in [0.717, 1.165) is 154 Å². The maximum absolute atomic E-state index is 5.01. The van der Waals surface area contributed by atoms with Crippen LogP contribution in [0.1, 0.15) is 465 Å². The van der Waals surface area contributed by atoms with Gasteiger partial charge in [0.2, 0.25) is 0 Å². The van der Waals surface area contributed by atoms with Crippen LogP contribution < -0.4 is 85.1 Å². The van der Waals surface area contributed by atoms with E-state index in [9.17, 15) is 0 Å². The molecule has 16 N–H and O–H groups in total. The van der Waals surface area contributed by atoms with Gasteiger partial charge in [0, 0.05) is 173 Å². The number of hydrogen-bond donors (Lipinski definition) is 16. The van der Waals surface area contributed by atoms with Crippen LogP contribution in [0.2, 0.25) is 0 Å². The predicted molar refractivity (Wildman–Crippen MR) is 685 cm³/mol. The summed E-state index contributed by atoms with van der Waals surface area (Å²) in [5, 5.41) is 53.2. The number of piperidine rings is 1. The molecule has 16 rings (SSSR count). The highest BCUT2D eigenvalue weighted by molar-refractivity contribution is 7.99. The predicted octanol–water partition coefficient (Wildman–Crippen LogP) is 28.4. The number of morpholine rings is 1. The Morgan fingerprint density at radius 2 is 0.451 bits per heavy atom. The normalized spacial score (nSPS) is 20.1. The van der Waals surface area contributed by atoms with Crippen molar-refractivity contribution in [3.8, 4) is 0 Å². The summed E-state index contributed by atoms with van der Waals surface area (Å²) < 4.78 is 5.01. The molecule has 0 aromatic rings. The highest BCUT2D eigenvalue weighted by Gasteiger charge is 2.36. The zero-order chi connectivity index (χ0) is 115. The lowest BCUT2D eigenvalue weighted by Gasteiger charge is -2.39. The minimum atomic E-state index is 0. The van der Waals surface area contributed by atoms with Crippen molar-refractivity contribution in [3.05, 3.63) is 0 Å². The van der Waals surface area contributed by atoms with Gasteiger partial charge < -0.3 is 89.8 Å². The molecule has 16 aliphatic heterocycles. The van der Waals surface area contributed by atoms with Crippen LogP contribution in [0.15, 0.2) is 0 Å². The van der Waals surface area contributed by atoms with Gasteiger partial charge in [-0.1, -0.05) is 395 Å². The number of piperazine rings is 4. The highest BCUT2D eigenvalue weighted by Crippen LogP contribution is 2.31. The lowest BCUT2D eigenvalue weighted by molar-refractivity contribution is 0.109. The molecule has 16 saturated heterocycles. The monoisotopic (exact) mass is 2090 g/mol. The number of thioether (sulfide) groups is 1. The van der Waals surface area contributed by atoms with E-state index < -0.39 is 0 Å². The molecular formula is C124H302N18OS. The summed E-state index contributed by atoms with van der Waals surface area (Å²) in [6, 6.07) is 3.28. The minimum absolute atomic E-state index is 0. The van der Waals surface area contributed by atoms with Gasteiger partial charge in [-0.05, 0) is 238 Å². The van der Waals surface area contributed by atoms with Crippen molar-refractivity contribution in [2.24, 2.45) is 82.3 Å². The highest BCUT2D eigenvalue weighted by atomic mass is 32.2. The Labute approximate surface area is 924 Å². The molecule has 0 radical (unpaired) electrons. The molecule has 5 atom stereocenters. The Balaban J connectivity index is -0.0000000720.